The number of carboxylic acid groups (broad SMARTS) is 1. The zero-order valence-corrected chi connectivity index (χ0v) is 13.8. The average Bonchev–Trinajstić information content (AvgIpc) is 2.94. The van der Waals surface area contributed by atoms with Crippen LogP contribution in [0.3, 0.4) is 0 Å². The van der Waals surface area contributed by atoms with E-state index in [1.165, 1.54) is 16.8 Å². The van der Waals surface area contributed by atoms with Gasteiger partial charge in [-0.15, -0.1) is 0 Å². The van der Waals surface area contributed by atoms with Gasteiger partial charge in [0.25, 0.3) is 5.91 Å². The zero-order valence-electron chi connectivity index (χ0n) is 13.8. The van der Waals surface area contributed by atoms with Crippen LogP contribution in [-0.2, 0) is 4.79 Å². The molecule has 1 heterocycles. The van der Waals surface area contributed by atoms with E-state index < -0.39 is 17.9 Å². The molecule has 0 aliphatic rings. The Labute approximate surface area is 139 Å². The van der Waals surface area contributed by atoms with Crippen molar-refractivity contribution >= 4 is 11.9 Å². The van der Waals surface area contributed by atoms with E-state index in [2.05, 4.69) is 10.4 Å². The van der Waals surface area contributed by atoms with Crippen LogP contribution in [0.15, 0.2) is 30.3 Å². The molecule has 2 aromatic rings. The number of nitrogens with one attached hydrogen (secondary N) is 1. The van der Waals surface area contributed by atoms with Gasteiger partial charge in [-0.05, 0) is 43.2 Å². The van der Waals surface area contributed by atoms with Crippen LogP contribution in [0.2, 0.25) is 0 Å². The first kappa shape index (κ1) is 17.7. The van der Waals surface area contributed by atoms with Crippen LogP contribution >= 0.6 is 0 Å². The SMILES string of the molecule is CC[C@H](C)[C@H](NC(=O)c1cc(C)n(-c2ccc(F)cc2)n1)C(=O)O. The third-order valence-corrected chi connectivity index (χ3v) is 3.96. The van der Waals surface area contributed by atoms with Crippen molar-refractivity contribution in [1.29, 1.82) is 0 Å². The minimum Gasteiger partial charge on any atom is -0.480 e. The lowest BCUT2D eigenvalue weighted by Gasteiger charge is -2.19. The van der Waals surface area contributed by atoms with Crippen molar-refractivity contribution in [2.24, 2.45) is 5.92 Å². The predicted octanol–water partition coefficient (Wildman–Crippen LogP) is 2.55. The maximum atomic E-state index is 13.0. The van der Waals surface area contributed by atoms with Crippen molar-refractivity contribution in [2.45, 2.75) is 33.2 Å². The number of carbonyl (C=O) groups is 2. The molecule has 1 aromatic carbocycles. The van der Waals surface area contributed by atoms with Crippen LogP contribution < -0.4 is 5.32 Å². The molecule has 2 N–H and O–H groups in total. The molecule has 0 bridgehead atoms. The summed E-state index contributed by atoms with van der Waals surface area (Å²) in [5.41, 5.74) is 1.42. The van der Waals surface area contributed by atoms with Gasteiger partial charge in [0.1, 0.15) is 11.9 Å². The van der Waals surface area contributed by atoms with Crippen molar-refractivity contribution in [1.82, 2.24) is 15.1 Å². The first-order chi connectivity index (χ1) is 11.3. The maximum absolute atomic E-state index is 13.0. The fourth-order valence-electron chi connectivity index (χ4n) is 2.33. The van der Waals surface area contributed by atoms with E-state index in [-0.39, 0.29) is 17.4 Å². The van der Waals surface area contributed by atoms with Crippen molar-refractivity contribution in [3.63, 3.8) is 0 Å². The predicted molar refractivity (Wildman–Crippen MR) is 86.6 cm³/mol. The zero-order chi connectivity index (χ0) is 17.9. The number of hydrogen-bond acceptors (Lipinski definition) is 3. The van der Waals surface area contributed by atoms with Gasteiger partial charge in [0.15, 0.2) is 5.69 Å². The summed E-state index contributed by atoms with van der Waals surface area (Å²) in [4.78, 5) is 23.6. The lowest BCUT2D eigenvalue weighted by Crippen LogP contribution is -2.45. The average molecular weight is 333 g/mol. The monoisotopic (exact) mass is 333 g/mol. The van der Waals surface area contributed by atoms with Crippen LogP contribution in [0.25, 0.3) is 5.69 Å². The molecule has 0 radical (unpaired) electrons. The molecule has 0 saturated carbocycles. The molecular weight excluding hydrogens is 313 g/mol. The third kappa shape index (κ3) is 3.79. The molecule has 6 nitrogen and oxygen atoms in total. The van der Waals surface area contributed by atoms with E-state index in [1.807, 2.05) is 6.92 Å². The molecule has 24 heavy (non-hydrogen) atoms. The Bertz CT molecular complexity index is 740. The molecule has 1 amide bonds. The number of aliphatic carboxylic acids is 1. The second kappa shape index (κ2) is 7.25. The topological polar surface area (TPSA) is 84.2 Å². The minimum absolute atomic E-state index is 0.117. The Balaban J connectivity index is 2.23. The molecule has 2 atom stereocenters. The lowest BCUT2D eigenvalue weighted by atomic mass is 9.99. The number of halogens is 1. The highest BCUT2D eigenvalue weighted by atomic mass is 19.1. The summed E-state index contributed by atoms with van der Waals surface area (Å²) in [5, 5.41) is 16.0. The van der Waals surface area contributed by atoms with Crippen LogP contribution in [-0.4, -0.2) is 32.8 Å². The van der Waals surface area contributed by atoms with Crippen molar-refractivity contribution in [3.8, 4) is 5.69 Å². The van der Waals surface area contributed by atoms with E-state index in [0.29, 0.717) is 17.8 Å². The number of carbonyl (C=O) groups excluding carboxylic acids is 1. The summed E-state index contributed by atoms with van der Waals surface area (Å²) in [6.45, 7) is 5.39. The van der Waals surface area contributed by atoms with Crippen LogP contribution in [0, 0.1) is 18.7 Å². The fraction of sp³-hybridized carbons (Fsp3) is 0.353. The lowest BCUT2D eigenvalue weighted by molar-refractivity contribution is -0.140. The van der Waals surface area contributed by atoms with E-state index >= 15 is 0 Å². The summed E-state index contributed by atoms with van der Waals surface area (Å²) < 4.78 is 14.5. The third-order valence-electron chi connectivity index (χ3n) is 3.96. The first-order valence-corrected chi connectivity index (χ1v) is 7.69. The Kier molecular flexibility index (Phi) is 5.33. The highest BCUT2D eigenvalue weighted by Crippen LogP contribution is 2.14. The Morgan fingerprint density at radius 1 is 1.33 bits per heavy atom. The first-order valence-electron chi connectivity index (χ1n) is 7.69. The van der Waals surface area contributed by atoms with Crippen molar-refractivity contribution < 1.29 is 19.1 Å². The van der Waals surface area contributed by atoms with Gasteiger partial charge in [-0.1, -0.05) is 20.3 Å². The highest BCUT2D eigenvalue weighted by Gasteiger charge is 2.26. The second-order valence-corrected chi connectivity index (χ2v) is 5.73. The molecule has 128 valence electrons. The smallest absolute Gasteiger partial charge is 0.326 e. The maximum Gasteiger partial charge on any atom is 0.326 e. The number of benzene rings is 1. The quantitative estimate of drug-likeness (QED) is 0.851. The molecule has 2 rings (SSSR count). The Morgan fingerprint density at radius 2 is 1.96 bits per heavy atom. The van der Waals surface area contributed by atoms with E-state index in [9.17, 15) is 19.1 Å². The second-order valence-electron chi connectivity index (χ2n) is 5.73. The largest absolute Gasteiger partial charge is 0.480 e. The summed E-state index contributed by atoms with van der Waals surface area (Å²) >= 11 is 0. The molecule has 0 fully saturated rings. The number of nitrogens with zero attached hydrogens (tertiary/aromatic N) is 2. The Morgan fingerprint density at radius 3 is 2.50 bits per heavy atom. The molecule has 1 aromatic heterocycles. The van der Waals surface area contributed by atoms with Gasteiger partial charge in [0.05, 0.1) is 5.69 Å². The molecular formula is C17H20FN3O3. The highest BCUT2D eigenvalue weighted by molar-refractivity contribution is 5.95. The molecule has 0 aliphatic heterocycles. The number of aromatic nitrogens is 2. The number of hydrogen-bond donors (Lipinski definition) is 2. The molecule has 0 unspecified atom stereocenters. The van der Waals surface area contributed by atoms with Crippen LogP contribution in [0.5, 0.6) is 0 Å². The Hall–Kier alpha value is -2.70. The standard InChI is InChI=1S/C17H20FN3O3/c1-4-10(2)15(17(23)24)19-16(22)14-9-11(3)21(20-14)13-7-5-12(18)6-8-13/h5-10,15H,4H2,1-3H3,(H,19,22)(H,23,24)/t10-,15-/m0/s1. The van der Waals surface area contributed by atoms with Gasteiger partial charge < -0.3 is 10.4 Å². The van der Waals surface area contributed by atoms with Gasteiger partial charge in [-0.3, -0.25) is 4.79 Å². The number of aryl methyl sites for hydroxylation is 1. The number of rotatable bonds is 6. The summed E-state index contributed by atoms with van der Waals surface area (Å²) in [6, 6.07) is 6.30. The van der Waals surface area contributed by atoms with E-state index in [1.54, 1.807) is 32.0 Å². The molecule has 0 spiro atoms. The minimum atomic E-state index is -1.08. The van der Waals surface area contributed by atoms with Gasteiger partial charge in [-0.25, -0.2) is 13.9 Å². The van der Waals surface area contributed by atoms with Gasteiger partial charge in [0, 0.05) is 5.69 Å². The van der Waals surface area contributed by atoms with Crippen LogP contribution in [0.4, 0.5) is 4.39 Å². The fourth-order valence-corrected chi connectivity index (χ4v) is 2.33. The van der Waals surface area contributed by atoms with Gasteiger partial charge >= 0.3 is 5.97 Å². The van der Waals surface area contributed by atoms with Crippen molar-refractivity contribution in [3.05, 3.63) is 47.5 Å². The number of amides is 1. The normalized spacial score (nSPS) is 13.3. The van der Waals surface area contributed by atoms with Crippen LogP contribution in [0.1, 0.15) is 36.5 Å². The van der Waals surface area contributed by atoms with Gasteiger partial charge in [-0.2, -0.15) is 5.10 Å². The van der Waals surface area contributed by atoms with Gasteiger partial charge in [0.2, 0.25) is 0 Å². The summed E-state index contributed by atoms with van der Waals surface area (Å²) in [7, 11) is 0. The summed E-state index contributed by atoms with van der Waals surface area (Å²) in [5.74, 6) is -2.19. The summed E-state index contributed by atoms with van der Waals surface area (Å²) in [6.07, 6.45) is 0.625. The number of carboxylic acids is 1. The van der Waals surface area contributed by atoms with E-state index in [0.717, 1.165) is 0 Å². The van der Waals surface area contributed by atoms with Crippen molar-refractivity contribution in [2.75, 3.05) is 0 Å². The molecule has 0 saturated heterocycles. The molecule has 0 aliphatic carbocycles. The molecule has 7 heteroatoms. The van der Waals surface area contributed by atoms with E-state index in [4.69, 9.17) is 0 Å².